The van der Waals surface area contributed by atoms with Crippen LogP contribution in [0.5, 0.6) is 0 Å². The highest BCUT2D eigenvalue weighted by Gasteiger charge is 2.31. The van der Waals surface area contributed by atoms with Crippen LogP contribution in [-0.4, -0.2) is 26.9 Å². The largest absolute Gasteiger partial charge is 0.351 e. The highest BCUT2D eigenvalue weighted by molar-refractivity contribution is 7.80. The van der Waals surface area contributed by atoms with Gasteiger partial charge in [-0.1, -0.05) is 24.3 Å². The van der Waals surface area contributed by atoms with E-state index < -0.39 is 0 Å². The number of carbonyl (C=O) groups excluding carboxylic acids is 1. The van der Waals surface area contributed by atoms with E-state index in [1.807, 2.05) is 38.1 Å². The maximum Gasteiger partial charge on any atom is 0.251 e. The Hall–Kier alpha value is -1.79. The molecule has 0 bridgehead atoms. The molecule has 4 nitrogen and oxygen atoms in total. The lowest BCUT2D eigenvalue weighted by Crippen LogP contribution is -2.30. The summed E-state index contributed by atoms with van der Waals surface area (Å²) in [4.78, 5) is 18.1. The number of rotatable bonds is 3. The molecule has 1 N–H and O–H groups in total. The Kier molecular flexibility index (Phi) is 3.73. The summed E-state index contributed by atoms with van der Waals surface area (Å²) in [5.41, 5.74) is 3.13. The highest BCUT2D eigenvalue weighted by Crippen LogP contribution is 2.22. The molecule has 0 spiro atoms. The molecule has 3 rings (SSSR count). The van der Waals surface area contributed by atoms with Crippen LogP contribution in [-0.2, 0) is 11.3 Å². The normalized spacial score (nSPS) is 18.2. The van der Waals surface area contributed by atoms with Gasteiger partial charge in [-0.05, 0) is 31.6 Å². The third-order valence-corrected chi connectivity index (χ3v) is 4.54. The van der Waals surface area contributed by atoms with Gasteiger partial charge in [0.15, 0.2) is 5.11 Å². The molecule has 2 aromatic rings. The minimum atomic E-state index is -0.227. The molecule has 0 radical (unpaired) electrons. The molecule has 1 fully saturated rings. The van der Waals surface area contributed by atoms with E-state index in [0.29, 0.717) is 11.7 Å². The number of thiocarbonyl (C=S) groups is 1. The van der Waals surface area contributed by atoms with Crippen LogP contribution in [0, 0.1) is 6.92 Å². The molecule has 0 aliphatic carbocycles. The zero-order valence-corrected chi connectivity index (χ0v) is 13.4. The van der Waals surface area contributed by atoms with Gasteiger partial charge in [-0.15, -0.1) is 11.3 Å². The molecule has 1 aliphatic rings. The lowest BCUT2D eigenvalue weighted by atomic mass is 10.1. The van der Waals surface area contributed by atoms with Crippen LogP contribution in [0.2, 0.25) is 0 Å². The number of amides is 1. The predicted molar refractivity (Wildman–Crippen MR) is 88.0 cm³/mol. The number of carbonyl (C=O) groups is 1. The molecule has 1 aliphatic heterocycles. The van der Waals surface area contributed by atoms with Crippen LogP contribution < -0.4 is 5.32 Å². The zero-order valence-electron chi connectivity index (χ0n) is 11.8. The van der Waals surface area contributed by atoms with Crippen LogP contribution in [0.4, 0.5) is 0 Å². The first-order chi connectivity index (χ1) is 10.0. The smallest absolute Gasteiger partial charge is 0.251 e. The summed E-state index contributed by atoms with van der Waals surface area (Å²) < 4.78 is 0. The second-order valence-electron chi connectivity index (χ2n) is 5.04. The fourth-order valence-electron chi connectivity index (χ4n) is 2.27. The number of nitrogens with one attached hydrogen (secondary N) is 1. The Morgan fingerprint density at radius 3 is 2.62 bits per heavy atom. The molecular weight excluding hydrogens is 302 g/mol. The average molecular weight is 317 g/mol. The third-order valence-electron chi connectivity index (χ3n) is 3.43. The van der Waals surface area contributed by atoms with Crippen molar-refractivity contribution in [2.24, 2.45) is 0 Å². The summed E-state index contributed by atoms with van der Waals surface area (Å²) in [6.45, 7) is 4.32. The quantitative estimate of drug-likeness (QED) is 0.884. The molecule has 1 aromatic carbocycles. The molecule has 2 heterocycles. The first kappa shape index (κ1) is 14.2. The van der Waals surface area contributed by atoms with E-state index in [-0.39, 0.29) is 11.9 Å². The van der Waals surface area contributed by atoms with Crippen molar-refractivity contribution in [2.75, 3.05) is 0 Å². The standard InChI is InChI=1S/C15H15N3OS2/c1-9-14(19)18(15(20)16-9)7-11-3-5-12(6-4-11)13-8-21-10(2)17-13/h3-6,8-9H,7H2,1-2H3,(H,16,20). The molecule has 0 saturated carbocycles. The maximum absolute atomic E-state index is 12.0. The van der Waals surface area contributed by atoms with Crippen LogP contribution >= 0.6 is 23.6 Å². The topological polar surface area (TPSA) is 45.2 Å². The summed E-state index contributed by atoms with van der Waals surface area (Å²) in [7, 11) is 0. The Morgan fingerprint density at radius 1 is 1.38 bits per heavy atom. The van der Waals surface area contributed by atoms with Gasteiger partial charge >= 0.3 is 0 Å². The van der Waals surface area contributed by atoms with Crippen molar-refractivity contribution >= 4 is 34.6 Å². The number of aromatic nitrogens is 1. The van der Waals surface area contributed by atoms with Crippen molar-refractivity contribution < 1.29 is 4.79 Å². The van der Waals surface area contributed by atoms with Crippen molar-refractivity contribution in [2.45, 2.75) is 26.4 Å². The summed E-state index contributed by atoms with van der Waals surface area (Å²) in [5.74, 6) is 0.0270. The van der Waals surface area contributed by atoms with Gasteiger partial charge in [-0.25, -0.2) is 4.98 Å². The highest BCUT2D eigenvalue weighted by atomic mass is 32.1. The maximum atomic E-state index is 12.0. The van der Waals surface area contributed by atoms with Gasteiger partial charge in [0, 0.05) is 10.9 Å². The van der Waals surface area contributed by atoms with E-state index in [2.05, 4.69) is 15.7 Å². The second kappa shape index (κ2) is 5.54. The van der Waals surface area contributed by atoms with E-state index in [1.54, 1.807) is 16.2 Å². The van der Waals surface area contributed by atoms with Crippen LogP contribution in [0.1, 0.15) is 17.5 Å². The fourth-order valence-corrected chi connectivity index (χ4v) is 3.22. The molecule has 1 aromatic heterocycles. The first-order valence-corrected chi connectivity index (χ1v) is 7.96. The van der Waals surface area contributed by atoms with Crippen molar-refractivity contribution in [3.8, 4) is 11.3 Å². The minimum Gasteiger partial charge on any atom is -0.351 e. The number of hydrogen-bond donors (Lipinski definition) is 1. The van der Waals surface area contributed by atoms with Gasteiger partial charge in [-0.3, -0.25) is 9.69 Å². The predicted octanol–water partition coefficient (Wildman–Crippen LogP) is 2.72. The van der Waals surface area contributed by atoms with Gasteiger partial charge in [0.25, 0.3) is 5.91 Å². The van der Waals surface area contributed by atoms with Crippen molar-refractivity contribution in [3.05, 3.63) is 40.2 Å². The van der Waals surface area contributed by atoms with Gasteiger partial charge in [0.05, 0.1) is 17.2 Å². The SMILES string of the molecule is Cc1nc(-c2ccc(CN3C(=O)C(C)NC3=S)cc2)cs1. The Morgan fingerprint density at radius 2 is 2.10 bits per heavy atom. The zero-order chi connectivity index (χ0) is 15.0. The van der Waals surface area contributed by atoms with Crippen molar-refractivity contribution in [1.29, 1.82) is 0 Å². The van der Waals surface area contributed by atoms with E-state index in [0.717, 1.165) is 21.8 Å². The van der Waals surface area contributed by atoms with Crippen molar-refractivity contribution in [3.63, 3.8) is 0 Å². The van der Waals surface area contributed by atoms with Crippen molar-refractivity contribution in [1.82, 2.24) is 15.2 Å². The lowest BCUT2D eigenvalue weighted by Gasteiger charge is -2.14. The average Bonchev–Trinajstić information content (AvgIpc) is 2.99. The summed E-state index contributed by atoms with van der Waals surface area (Å²) >= 11 is 6.83. The molecule has 1 saturated heterocycles. The molecule has 1 atom stereocenters. The molecule has 1 unspecified atom stereocenters. The van der Waals surface area contributed by atoms with E-state index in [4.69, 9.17) is 12.2 Å². The number of nitrogens with zero attached hydrogens (tertiary/aromatic N) is 2. The van der Waals surface area contributed by atoms with Gasteiger partial charge < -0.3 is 5.32 Å². The summed E-state index contributed by atoms with van der Waals surface area (Å²) in [5, 5.41) is 6.59. The molecule has 21 heavy (non-hydrogen) atoms. The number of hydrogen-bond acceptors (Lipinski definition) is 4. The molecule has 6 heteroatoms. The van der Waals surface area contributed by atoms with Crippen LogP contribution in [0.25, 0.3) is 11.3 Å². The van der Waals surface area contributed by atoms with Crippen LogP contribution in [0.3, 0.4) is 0 Å². The van der Waals surface area contributed by atoms with E-state index in [9.17, 15) is 4.79 Å². The Labute approximate surface area is 132 Å². The van der Waals surface area contributed by atoms with Gasteiger partial charge in [0.1, 0.15) is 6.04 Å². The lowest BCUT2D eigenvalue weighted by molar-refractivity contribution is -0.127. The van der Waals surface area contributed by atoms with Gasteiger partial charge in [0.2, 0.25) is 0 Å². The van der Waals surface area contributed by atoms with Crippen LogP contribution in [0.15, 0.2) is 29.6 Å². The summed E-state index contributed by atoms with van der Waals surface area (Å²) in [6, 6.07) is 7.87. The fraction of sp³-hybridized carbons (Fsp3) is 0.267. The Bertz CT molecular complexity index is 693. The number of benzene rings is 1. The molecular formula is C15H15N3OS2. The number of thiazole rings is 1. The monoisotopic (exact) mass is 317 g/mol. The second-order valence-corrected chi connectivity index (χ2v) is 6.49. The summed E-state index contributed by atoms with van der Waals surface area (Å²) in [6.07, 6.45) is 0. The third kappa shape index (κ3) is 2.82. The Balaban J connectivity index is 1.76. The first-order valence-electron chi connectivity index (χ1n) is 6.68. The number of aryl methyl sites for hydroxylation is 1. The van der Waals surface area contributed by atoms with E-state index in [1.165, 1.54) is 0 Å². The van der Waals surface area contributed by atoms with Gasteiger partial charge in [-0.2, -0.15) is 0 Å². The molecule has 1 amide bonds. The minimum absolute atomic E-state index is 0.0270. The van der Waals surface area contributed by atoms with E-state index >= 15 is 0 Å². The molecule has 108 valence electrons.